The summed E-state index contributed by atoms with van der Waals surface area (Å²) in [5, 5.41) is 10.6. The number of anilines is 1. The lowest BCUT2D eigenvalue weighted by Crippen LogP contribution is -2.28. The lowest BCUT2D eigenvalue weighted by Gasteiger charge is -2.17. The molecule has 0 bridgehead atoms. The first kappa shape index (κ1) is 18.7. The lowest BCUT2D eigenvalue weighted by molar-refractivity contribution is -0.119. The molecule has 1 saturated heterocycles. The fourth-order valence-electron chi connectivity index (χ4n) is 3.75. The molecule has 1 aliphatic rings. The second-order valence-electron chi connectivity index (χ2n) is 8.84. The molecular formula is C21H27N5O2. The minimum Gasteiger partial charge on any atom is -0.441 e. The highest BCUT2D eigenvalue weighted by atomic mass is 16.3. The number of hydrogen-bond acceptors (Lipinski definition) is 5. The van der Waals surface area contributed by atoms with Crippen molar-refractivity contribution < 1.29 is 9.21 Å². The first-order chi connectivity index (χ1) is 13.3. The highest BCUT2D eigenvalue weighted by Gasteiger charge is 2.34. The Balaban J connectivity index is 1.50. The van der Waals surface area contributed by atoms with Crippen LogP contribution in [-0.2, 0) is 18.3 Å². The molecule has 1 amide bonds. The number of nitrogens with one attached hydrogen (secondary N) is 2. The van der Waals surface area contributed by atoms with Crippen molar-refractivity contribution in [3.63, 3.8) is 0 Å². The largest absolute Gasteiger partial charge is 0.441 e. The van der Waals surface area contributed by atoms with Gasteiger partial charge in [0.2, 0.25) is 5.91 Å². The van der Waals surface area contributed by atoms with Crippen molar-refractivity contribution in [2.45, 2.75) is 33.1 Å². The number of oxazole rings is 1. The predicted octanol–water partition coefficient (Wildman–Crippen LogP) is 3.09. The van der Waals surface area contributed by atoms with E-state index in [0.717, 1.165) is 41.2 Å². The van der Waals surface area contributed by atoms with Crippen molar-refractivity contribution in [2.75, 3.05) is 18.4 Å². The van der Waals surface area contributed by atoms with E-state index in [-0.39, 0.29) is 23.2 Å². The number of fused-ring (bicyclic) bond motifs is 1. The summed E-state index contributed by atoms with van der Waals surface area (Å²) in [5.74, 6) is 0.732. The third kappa shape index (κ3) is 3.94. The minimum absolute atomic E-state index is 0.0108. The summed E-state index contributed by atoms with van der Waals surface area (Å²) in [6, 6.07) is 5.62. The molecule has 4 rings (SSSR count). The van der Waals surface area contributed by atoms with E-state index in [0.29, 0.717) is 6.54 Å². The average Bonchev–Trinajstić information content (AvgIpc) is 3.31. The van der Waals surface area contributed by atoms with Crippen molar-refractivity contribution in [2.24, 2.45) is 18.4 Å². The van der Waals surface area contributed by atoms with Crippen molar-refractivity contribution in [3.8, 4) is 0 Å². The van der Waals surface area contributed by atoms with Crippen molar-refractivity contribution in [1.29, 1.82) is 0 Å². The van der Waals surface area contributed by atoms with Gasteiger partial charge in [0.25, 0.3) is 0 Å². The Morgan fingerprint density at radius 2 is 2.18 bits per heavy atom. The molecule has 148 valence electrons. The first-order valence-corrected chi connectivity index (χ1v) is 9.68. The van der Waals surface area contributed by atoms with Gasteiger partial charge >= 0.3 is 0 Å². The van der Waals surface area contributed by atoms with Gasteiger partial charge in [-0.1, -0.05) is 20.8 Å². The summed E-state index contributed by atoms with van der Waals surface area (Å²) in [6.07, 6.45) is 4.59. The van der Waals surface area contributed by atoms with E-state index in [1.807, 2.05) is 37.6 Å². The Morgan fingerprint density at radius 1 is 1.36 bits per heavy atom. The Kier molecular flexibility index (Phi) is 4.71. The zero-order valence-corrected chi connectivity index (χ0v) is 16.8. The monoisotopic (exact) mass is 381 g/mol. The van der Waals surface area contributed by atoms with Crippen LogP contribution in [-0.4, -0.2) is 33.8 Å². The molecule has 2 N–H and O–H groups in total. The van der Waals surface area contributed by atoms with Crippen LogP contribution in [0.15, 0.2) is 35.0 Å². The Hall–Kier alpha value is -2.67. The van der Waals surface area contributed by atoms with Gasteiger partial charge in [-0.2, -0.15) is 5.10 Å². The van der Waals surface area contributed by atoms with Gasteiger partial charge in [-0.15, -0.1) is 0 Å². The van der Waals surface area contributed by atoms with E-state index in [1.165, 1.54) is 0 Å². The number of carbonyl (C=O) groups is 1. The molecule has 28 heavy (non-hydrogen) atoms. The maximum atomic E-state index is 12.9. The normalized spacial score (nSPS) is 20.0. The molecule has 1 aliphatic heterocycles. The highest BCUT2D eigenvalue weighted by Crippen LogP contribution is 2.30. The molecule has 3 heterocycles. The van der Waals surface area contributed by atoms with Crippen LogP contribution in [0.2, 0.25) is 0 Å². The van der Waals surface area contributed by atoms with E-state index in [2.05, 4.69) is 41.5 Å². The lowest BCUT2D eigenvalue weighted by atomic mass is 9.90. The van der Waals surface area contributed by atoms with Crippen LogP contribution < -0.4 is 10.6 Å². The van der Waals surface area contributed by atoms with Gasteiger partial charge in [-0.25, -0.2) is 4.98 Å². The molecule has 7 nitrogen and oxygen atoms in total. The molecule has 2 aromatic heterocycles. The van der Waals surface area contributed by atoms with E-state index >= 15 is 0 Å². The fourth-order valence-corrected chi connectivity index (χ4v) is 3.75. The number of benzene rings is 1. The van der Waals surface area contributed by atoms with Gasteiger partial charge in [0.1, 0.15) is 5.52 Å². The van der Waals surface area contributed by atoms with Crippen LogP contribution in [0.4, 0.5) is 5.69 Å². The van der Waals surface area contributed by atoms with Gasteiger partial charge in [0.15, 0.2) is 11.5 Å². The minimum atomic E-state index is -0.131. The van der Waals surface area contributed by atoms with E-state index < -0.39 is 0 Å². The maximum absolute atomic E-state index is 12.9. The number of nitrogens with zero attached hydrogens (tertiary/aromatic N) is 3. The summed E-state index contributed by atoms with van der Waals surface area (Å²) in [7, 11) is 1.89. The number of rotatable bonds is 4. The molecule has 2 atom stereocenters. The average molecular weight is 381 g/mol. The Morgan fingerprint density at radius 3 is 2.89 bits per heavy atom. The third-order valence-electron chi connectivity index (χ3n) is 5.08. The van der Waals surface area contributed by atoms with Crippen LogP contribution in [0.3, 0.4) is 0 Å². The number of amides is 1. The van der Waals surface area contributed by atoms with Crippen LogP contribution in [0.1, 0.15) is 38.1 Å². The fraction of sp³-hybridized carbons (Fsp3) is 0.476. The Bertz CT molecular complexity index is 998. The smallest absolute Gasteiger partial charge is 0.229 e. The molecular weight excluding hydrogens is 354 g/mol. The molecule has 0 radical (unpaired) electrons. The molecule has 0 aliphatic carbocycles. The zero-order valence-electron chi connectivity index (χ0n) is 16.8. The topological polar surface area (TPSA) is 85.0 Å². The summed E-state index contributed by atoms with van der Waals surface area (Å²) in [4.78, 5) is 17.5. The van der Waals surface area contributed by atoms with Gasteiger partial charge < -0.3 is 15.1 Å². The highest BCUT2D eigenvalue weighted by molar-refractivity contribution is 5.95. The van der Waals surface area contributed by atoms with Gasteiger partial charge in [0, 0.05) is 44.4 Å². The predicted molar refractivity (Wildman–Crippen MR) is 108 cm³/mol. The number of aryl methyl sites for hydroxylation is 1. The molecule has 1 aromatic carbocycles. The van der Waals surface area contributed by atoms with Crippen molar-refractivity contribution >= 4 is 22.7 Å². The third-order valence-corrected chi connectivity index (χ3v) is 5.08. The van der Waals surface area contributed by atoms with Crippen molar-refractivity contribution in [1.82, 2.24) is 20.1 Å². The molecule has 0 spiro atoms. The summed E-state index contributed by atoms with van der Waals surface area (Å²) in [5.41, 5.74) is 3.45. The van der Waals surface area contributed by atoms with Crippen LogP contribution >= 0.6 is 0 Å². The van der Waals surface area contributed by atoms with Gasteiger partial charge in [0.05, 0.1) is 12.1 Å². The molecule has 0 unspecified atom stereocenters. The SMILES string of the molecule is Cn1cc([C@H]2CNC[C@@H]2C(=O)Nc2ccc3oc(CC(C)(C)C)nc3c2)cn1. The number of aromatic nitrogens is 3. The molecule has 0 saturated carbocycles. The van der Waals surface area contributed by atoms with E-state index in [1.54, 1.807) is 4.68 Å². The molecule has 1 fully saturated rings. The molecule has 3 aromatic rings. The van der Waals surface area contributed by atoms with Crippen molar-refractivity contribution in [3.05, 3.63) is 42.0 Å². The second-order valence-corrected chi connectivity index (χ2v) is 8.84. The van der Waals surface area contributed by atoms with E-state index in [9.17, 15) is 4.79 Å². The summed E-state index contributed by atoms with van der Waals surface area (Å²) in [6.45, 7) is 7.90. The standard InChI is InChI=1S/C21H27N5O2/c1-21(2,3)8-19-25-17-7-14(5-6-18(17)28-19)24-20(27)16-11-22-10-15(16)13-9-23-26(4)12-13/h5-7,9,12,15-16,22H,8,10-11H2,1-4H3,(H,24,27)/t15-,16+/m1/s1. The van der Waals surface area contributed by atoms with Crippen LogP contribution in [0, 0.1) is 11.3 Å². The zero-order chi connectivity index (χ0) is 19.9. The second kappa shape index (κ2) is 7.05. The van der Waals surface area contributed by atoms with Crippen LogP contribution in [0.5, 0.6) is 0 Å². The quantitative estimate of drug-likeness (QED) is 0.725. The number of carbonyl (C=O) groups excluding carboxylic acids is 1. The van der Waals surface area contributed by atoms with Gasteiger partial charge in [-0.3, -0.25) is 9.48 Å². The molecule has 7 heteroatoms. The van der Waals surface area contributed by atoms with Gasteiger partial charge in [-0.05, 0) is 29.2 Å². The maximum Gasteiger partial charge on any atom is 0.229 e. The van der Waals surface area contributed by atoms with E-state index in [4.69, 9.17) is 4.42 Å². The van der Waals surface area contributed by atoms with Crippen LogP contribution in [0.25, 0.3) is 11.1 Å². The number of hydrogen-bond donors (Lipinski definition) is 2. The summed E-state index contributed by atoms with van der Waals surface area (Å²) < 4.78 is 7.61. The summed E-state index contributed by atoms with van der Waals surface area (Å²) >= 11 is 0. The first-order valence-electron chi connectivity index (χ1n) is 9.68. The Labute approximate surface area is 164 Å².